The van der Waals surface area contributed by atoms with E-state index in [-0.39, 0.29) is 0 Å². The van der Waals surface area contributed by atoms with Gasteiger partial charge in [-0.05, 0) is 0 Å². The first-order chi connectivity index (χ1) is 18.9. The fourth-order valence-corrected chi connectivity index (χ4v) is 35.9. The Balaban J connectivity index is 1.53. The van der Waals surface area contributed by atoms with Gasteiger partial charge in [-0.1, -0.05) is 0 Å². The minimum atomic E-state index is -2.43. The SMILES string of the molecule is CC1C[C]2([Cr]([C]34CC(C)C(C)(CC3C)C4)([C]34CC(C)C(C)(CC3C)C4)[C]34CC(C)C(C)(CC3C)C4)CC1(C)CC2C. The van der Waals surface area contributed by atoms with E-state index in [1.807, 2.05) is 0 Å². The fraction of sp³-hybridized carbons (Fsp3) is 1.00. The van der Waals surface area contributed by atoms with E-state index in [1.54, 1.807) is 77.0 Å². The van der Waals surface area contributed by atoms with Gasteiger partial charge < -0.3 is 0 Å². The first kappa shape index (κ1) is 29.0. The number of fused-ring (bicyclic) bond motifs is 8. The molecule has 0 aromatic heterocycles. The van der Waals surface area contributed by atoms with Crippen molar-refractivity contribution in [3.05, 3.63) is 0 Å². The van der Waals surface area contributed by atoms with Crippen LogP contribution in [-0.2, 0) is 13.1 Å². The zero-order valence-electron chi connectivity index (χ0n) is 29.5. The zero-order valence-corrected chi connectivity index (χ0v) is 30.8. The van der Waals surface area contributed by atoms with E-state index in [1.165, 1.54) is 0 Å². The van der Waals surface area contributed by atoms with Gasteiger partial charge in [-0.25, -0.2) is 0 Å². The molecule has 0 amide bonds. The molecule has 0 aromatic rings. The van der Waals surface area contributed by atoms with Gasteiger partial charge >= 0.3 is 259 Å². The second-order valence-electron chi connectivity index (χ2n) is 21.0. The Hall–Kier alpha value is 0.532. The first-order valence-corrected chi connectivity index (χ1v) is 21.2. The van der Waals surface area contributed by atoms with E-state index < -0.39 is 13.1 Å². The second-order valence-corrected chi connectivity index (χ2v) is 28.0. The van der Waals surface area contributed by atoms with Crippen molar-refractivity contribution in [2.24, 2.45) is 69.0 Å². The number of rotatable bonds is 4. The molecule has 8 aliphatic rings. The van der Waals surface area contributed by atoms with Gasteiger partial charge in [-0.3, -0.25) is 0 Å². The normalized spacial score (nSPS) is 69.6. The van der Waals surface area contributed by atoms with Gasteiger partial charge in [0, 0.05) is 0 Å². The van der Waals surface area contributed by atoms with Crippen molar-refractivity contribution in [3.63, 3.8) is 0 Å². The molecule has 0 N–H and O–H groups in total. The third-order valence-corrected chi connectivity index (χ3v) is 31.4. The summed E-state index contributed by atoms with van der Waals surface area (Å²) < 4.78 is 2.73. The predicted octanol–water partition coefficient (Wildman–Crippen LogP) is 12.7. The molecule has 8 bridgehead atoms. The molecule has 0 aliphatic heterocycles. The average molecular weight is 601 g/mol. The molecule has 8 fully saturated rings. The Labute approximate surface area is 258 Å². The van der Waals surface area contributed by atoms with Crippen LogP contribution in [0.4, 0.5) is 0 Å². The molecule has 0 nitrogen and oxygen atoms in total. The summed E-state index contributed by atoms with van der Waals surface area (Å²) in [6.45, 7) is 33.7. The Bertz CT molecular complexity index is 992. The van der Waals surface area contributed by atoms with Crippen molar-refractivity contribution < 1.29 is 13.1 Å². The van der Waals surface area contributed by atoms with E-state index in [9.17, 15) is 0 Å². The van der Waals surface area contributed by atoms with Crippen molar-refractivity contribution >= 4 is 0 Å². The maximum absolute atomic E-state index is 2.87. The summed E-state index contributed by atoms with van der Waals surface area (Å²) in [6.07, 6.45) is 19.3. The quantitative estimate of drug-likeness (QED) is 0.301. The summed E-state index contributed by atoms with van der Waals surface area (Å²) >= 11 is -2.43. The van der Waals surface area contributed by atoms with Gasteiger partial charge in [-0.15, -0.1) is 0 Å². The predicted molar refractivity (Wildman–Crippen MR) is 172 cm³/mol. The van der Waals surface area contributed by atoms with Crippen LogP contribution in [-0.4, -0.2) is 0 Å². The maximum atomic E-state index is 2.87. The van der Waals surface area contributed by atoms with Crippen LogP contribution >= 0.6 is 0 Å². The topological polar surface area (TPSA) is 0 Å². The summed E-state index contributed by atoms with van der Waals surface area (Å²) in [5.41, 5.74) is 2.41. The van der Waals surface area contributed by atoms with Crippen LogP contribution in [0.5, 0.6) is 0 Å². The average Bonchev–Trinajstić information content (AvgIpc) is 3.65. The first-order valence-electron chi connectivity index (χ1n) is 18.7. The van der Waals surface area contributed by atoms with Gasteiger partial charge in [0.15, 0.2) is 0 Å². The summed E-state index contributed by atoms with van der Waals surface area (Å²) in [4.78, 5) is 0. The summed E-state index contributed by atoms with van der Waals surface area (Å²) in [6, 6.07) is 0. The van der Waals surface area contributed by atoms with Gasteiger partial charge in [0.25, 0.3) is 0 Å². The van der Waals surface area contributed by atoms with E-state index >= 15 is 0 Å². The summed E-state index contributed by atoms with van der Waals surface area (Å²) in [5, 5.41) is 0. The molecule has 0 radical (unpaired) electrons. The molecule has 8 rings (SSSR count). The Kier molecular flexibility index (Phi) is 5.46. The van der Waals surface area contributed by atoms with E-state index in [4.69, 9.17) is 0 Å². The number of hydrogen-bond acceptors (Lipinski definition) is 0. The molecule has 1 heteroatoms. The van der Waals surface area contributed by atoms with E-state index in [2.05, 4.69) is 83.1 Å². The van der Waals surface area contributed by atoms with Gasteiger partial charge in [0.1, 0.15) is 0 Å². The Morgan fingerprint density at radius 2 is 0.512 bits per heavy atom. The molecule has 0 heterocycles. The minimum absolute atomic E-state index is 0.603. The zero-order chi connectivity index (χ0) is 29.6. The molecule has 8 saturated carbocycles. The van der Waals surface area contributed by atoms with Crippen LogP contribution in [0, 0.1) is 69.0 Å². The monoisotopic (exact) mass is 600 g/mol. The molecule has 0 saturated heterocycles. The van der Waals surface area contributed by atoms with Crippen LogP contribution in [0.25, 0.3) is 0 Å². The van der Waals surface area contributed by atoms with E-state index in [0.717, 1.165) is 47.3 Å². The van der Waals surface area contributed by atoms with Gasteiger partial charge in [-0.2, -0.15) is 0 Å². The van der Waals surface area contributed by atoms with Gasteiger partial charge in [0.2, 0.25) is 0 Å². The van der Waals surface area contributed by atoms with Gasteiger partial charge in [0.05, 0.1) is 0 Å². The summed E-state index contributed by atoms with van der Waals surface area (Å²) in [5.74, 6) is 7.58. The molecule has 41 heavy (non-hydrogen) atoms. The Morgan fingerprint density at radius 3 is 0.659 bits per heavy atom. The van der Waals surface area contributed by atoms with Crippen molar-refractivity contribution in [2.75, 3.05) is 0 Å². The summed E-state index contributed by atoms with van der Waals surface area (Å²) in [7, 11) is 0. The standard InChI is InChI=1S/4C10H17.Cr/c4*1-7-5-10(3)6-9(7)4-8(10)2;/h4*7-8H,4-6H2,1-3H3;. The fourth-order valence-electron chi connectivity index (χ4n) is 17.5. The van der Waals surface area contributed by atoms with Crippen molar-refractivity contribution in [3.8, 4) is 0 Å². The molecular weight excluding hydrogens is 532 g/mol. The van der Waals surface area contributed by atoms with Crippen LogP contribution in [0.15, 0.2) is 0 Å². The molecule has 0 spiro atoms. The molecule has 16 unspecified atom stereocenters. The van der Waals surface area contributed by atoms with Crippen molar-refractivity contribution in [1.82, 2.24) is 0 Å². The molecule has 16 atom stereocenters. The number of hydrogen-bond donors (Lipinski definition) is 0. The second kappa shape index (κ2) is 7.73. The van der Waals surface area contributed by atoms with Crippen LogP contribution in [0.1, 0.15) is 160 Å². The molecule has 0 aromatic carbocycles. The van der Waals surface area contributed by atoms with Crippen LogP contribution in [0.2, 0.25) is 17.1 Å². The van der Waals surface area contributed by atoms with E-state index in [0.29, 0.717) is 38.8 Å². The third-order valence-electron chi connectivity index (χ3n) is 19.3. The van der Waals surface area contributed by atoms with Crippen LogP contribution < -0.4 is 0 Å². The molecule has 234 valence electrons. The molecule has 8 aliphatic carbocycles. The third kappa shape index (κ3) is 2.73. The van der Waals surface area contributed by atoms with Crippen molar-refractivity contribution in [2.45, 2.75) is 177 Å². The molecular formula is C40H68Cr. The Morgan fingerprint density at radius 1 is 0.317 bits per heavy atom. The van der Waals surface area contributed by atoms with Crippen LogP contribution in [0.3, 0.4) is 0 Å². The van der Waals surface area contributed by atoms with Crippen molar-refractivity contribution in [1.29, 1.82) is 0 Å².